The monoisotopic (exact) mass is 400 g/mol. The number of nitrogens with zero attached hydrogens (tertiary/aromatic N) is 1. The van der Waals surface area contributed by atoms with Crippen LogP contribution in [0.5, 0.6) is 11.6 Å². The van der Waals surface area contributed by atoms with Gasteiger partial charge in [-0.3, -0.25) is 4.79 Å². The summed E-state index contributed by atoms with van der Waals surface area (Å²) in [5.41, 5.74) is 1.17. The molecule has 6 heteroatoms. The van der Waals surface area contributed by atoms with E-state index in [9.17, 15) is 9.18 Å². The Morgan fingerprint density at radius 3 is 2.68 bits per heavy atom. The van der Waals surface area contributed by atoms with Crippen LogP contribution in [0.2, 0.25) is 0 Å². The average molecular weight is 401 g/mol. The number of carbonyl (C=O) groups is 1. The molecule has 0 aliphatic heterocycles. The second kappa shape index (κ2) is 7.44. The zero-order chi connectivity index (χ0) is 17.8. The average Bonchev–Trinajstić information content (AvgIpc) is 2.60. The summed E-state index contributed by atoms with van der Waals surface area (Å²) in [4.78, 5) is 16.6. The van der Waals surface area contributed by atoms with Gasteiger partial charge in [-0.25, -0.2) is 9.37 Å². The third-order valence-corrected chi connectivity index (χ3v) is 3.94. The van der Waals surface area contributed by atoms with Crippen molar-refractivity contribution in [1.82, 2.24) is 4.98 Å². The highest BCUT2D eigenvalue weighted by Gasteiger charge is 2.16. The number of nitrogens with one attached hydrogen (secondary N) is 1. The largest absolute Gasteiger partial charge is 0.438 e. The molecule has 0 saturated heterocycles. The molecule has 1 amide bonds. The van der Waals surface area contributed by atoms with Gasteiger partial charge in [-0.05, 0) is 61.0 Å². The lowest BCUT2D eigenvalue weighted by molar-refractivity contribution is 0.102. The van der Waals surface area contributed by atoms with Gasteiger partial charge in [0.05, 0.1) is 5.69 Å². The molecule has 1 heterocycles. The smallest absolute Gasteiger partial charge is 0.261 e. The molecule has 0 atom stereocenters. The van der Waals surface area contributed by atoms with Crippen molar-refractivity contribution in [2.75, 3.05) is 5.32 Å². The van der Waals surface area contributed by atoms with Crippen LogP contribution in [0.3, 0.4) is 0 Å². The van der Waals surface area contributed by atoms with Crippen LogP contribution in [-0.4, -0.2) is 10.9 Å². The molecule has 1 N–H and O–H groups in total. The number of rotatable bonds is 4. The molecule has 0 aliphatic rings. The molecule has 2 aromatic carbocycles. The number of anilines is 1. The second-order valence-electron chi connectivity index (χ2n) is 5.35. The third-order valence-electron chi connectivity index (χ3n) is 3.41. The summed E-state index contributed by atoms with van der Waals surface area (Å²) in [5, 5.41) is 2.56. The van der Waals surface area contributed by atoms with Crippen LogP contribution in [0.4, 0.5) is 10.1 Å². The summed E-state index contributed by atoms with van der Waals surface area (Å²) < 4.78 is 20.5. The Balaban J connectivity index is 1.85. The van der Waals surface area contributed by atoms with Gasteiger partial charge >= 0.3 is 0 Å². The number of ether oxygens (including phenoxy) is 1. The van der Waals surface area contributed by atoms with E-state index >= 15 is 0 Å². The van der Waals surface area contributed by atoms with Crippen molar-refractivity contribution < 1.29 is 13.9 Å². The third kappa shape index (κ3) is 4.22. The van der Waals surface area contributed by atoms with Crippen LogP contribution in [0.15, 0.2) is 65.3 Å². The topological polar surface area (TPSA) is 51.2 Å². The number of hydrogen-bond acceptors (Lipinski definition) is 3. The lowest BCUT2D eigenvalue weighted by Crippen LogP contribution is -2.14. The van der Waals surface area contributed by atoms with Crippen LogP contribution in [0.25, 0.3) is 0 Å². The Morgan fingerprint density at radius 1 is 1.16 bits per heavy atom. The van der Waals surface area contributed by atoms with E-state index in [1.807, 2.05) is 19.1 Å². The van der Waals surface area contributed by atoms with Gasteiger partial charge in [-0.15, -0.1) is 0 Å². The van der Waals surface area contributed by atoms with Crippen LogP contribution in [0, 0.1) is 12.7 Å². The van der Waals surface area contributed by atoms with Crippen molar-refractivity contribution in [2.45, 2.75) is 6.92 Å². The second-order valence-corrected chi connectivity index (χ2v) is 6.27. The maximum absolute atomic E-state index is 13.9. The molecule has 3 aromatic rings. The highest BCUT2D eigenvalue weighted by molar-refractivity contribution is 9.10. The summed E-state index contributed by atoms with van der Waals surface area (Å²) in [7, 11) is 0. The van der Waals surface area contributed by atoms with E-state index in [0.29, 0.717) is 5.75 Å². The maximum atomic E-state index is 13.9. The highest BCUT2D eigenvalue weighted by Crippen LogP contribution is 2.25. The molecule has 0 spiro atoms. The zero-order valence-electron chi connectivity index (χ0n) is 13.3. The van der Waals surface area contributed by atoms with Gasteiger partial charge in [0.1, 0.15) is 17.1 Å². The first kappa shape index (κ1) is 17.1. The summed E-state index contributed by atoms with van der Waals surface area (Å²) in [6.07, 6.45) is 1.53. The fraction of sp³-hybridized carbons (Fsp3) is 0.0526. The quantitative estimate of drug-likeness (QED) is 0.643. The Hall–Kier alpha value is -2.73. The molecule has 25 heavy (non-hydrogen) atoms. The number of benzene rings is 2. The first-order chi connectivity index (χ1) is 12.0. The molecule has 126 valence electrons. The number of aryl methyl sites for hydroxylation is 1. The maximum Gasteiger partial charge on any atom is 0.261 e. The van der Waals surface area contributed by atoms with E-state index < -0.39 is 11.7 Å². The summed E-state index contributed by atoms with van der Waals surface area (Å²) in [6.45, 7) is 1.82. The first-order valence-corrected chi connectivity index (χ1v) is 8.28. The molecule has 0 bridgehead atoms. The number of hydrogen-bond donors (Lipinski definition) is 1. The lowest BCUT2D eigenvalue weighted by atomic mass is 10.2. The molecule has 0 saturated carbocycles. The van der Waals surface area contributed by atoms with Crippen molar-refractivity contribution in [3.8, 4) is 11.6 Å². The van der Waals surface area contributed by atoms with Crippen LogP contribution in [-0.2, 0) is 0 Å². The summed E-state index contributed by atoms with van der Waals surface area (Å²) >= 11 is 3.35. The van der Waals surface area contributed by atoms with Gasteiger partial charge in [-0.2, -0.15) is 0 Å². The fourth-order valence-corrected chi connectivity index (χ4v) is 2.45. The van der Waals surface area contributed by atoms with Crippen molar-refractivity contribution >= 4 is 27.5 Å². The van der Waals surface area contributed by atoms with Gasteiger partial charge < -0.3 is 10.1 Å². The Kier molecular flexibility index (Phi) is 5.09. The predicted octanol–water partition coefficient (Wildman–Crippen LogP) is 5.34. The molecule has 3 rings (SSSR count). The van der Waals surface area contributed by atoms with Gasteiger partial charge in [0.15, 0.2) is 0 Å². The number of halogens is 2. The number of amides is 1. The number of carbonyl (C=O) groups excluding carboxylic acids is 1. The summed E-state index contributed by atoms with van der Waals surface area (Å²) in [5.74, 6) is -0.309. The predicted molar refractivity (Wildman–Crippen MR) is 97.5 cm³/mol. The highest BCUT2D eigenvalue weighted by atomic mass is 79.9. The van der Waals surface area contributed by atoms with E-state index in [1.165, 1.54) is 12.3 Å². The van der Waals surface area contributed by atoms with Crippen molar-refractivity contribution in [2.24, 2.45) is 0 Å². The van der Waals surface area contributed by atoms with E-state index in [-0.39, 0.29) is 17.1 Å². The van der Waals surface area contributed by atoms with Crippen LogP contribution in [0.1, 0.15) is 15.9 Å². The molecule has 4 nitrogen and oxygen atoms in total. The minimum absolute atomic E-state index is 0.114. The SMILES string of the molecule is Cc1ccc(F)c(NC(=O)c2cccnc2Oc2ccc(Br)cc2)c1. The van der Waals surface area contributed by atoms with Gasteiger partial charge in [0, 0.05) is 10.7 Å². The van der Waals surface area contributed by atoms with E-state index in [4.69, 9.17) is 4.74 Å². The molecule has 0 unspecified atom stereocenters. The minimum Gasteiger partial charge on any atom is -0.438 e. The van der Waals surface area contributed by atoms with Gasteiger partial charge in [0.2, 0.25) is 5.88 Å². The molecular formula is C19H14BrFN2O2. The molecule has 0 radical (unpaired) electrons. The normalized spacial score (nSPS) is 10.4. The first-order valence-electron chi connectivity index (χ1n) is 7.49. The van der Waals surface area contributed by atoms with Gasteiger partial charge in [-0.1, -0.05) is 22.0 Å². The molecular weight excluding hydrogens is 387 g/mol. The van der Waals surface area contributed by atoms with Crippen molar-refractivity contribution in [3.05, 3.63) is 82.2 Å². The standard InChI is InChI=1S/C19H14BrFN2O2/c1-12-4-9-16(21)17(11-12)23-18(24)15-3-2-10-22-19(15)25-14-7-5-13(20)6-8-14/h2-11H,1H3,(H,23,24). The minimum atomic E-state index is -0.502. The number of pyridine rings is 1. The van der Waals surface area contributed by atoms with Gasteiger partial charge in [0.25, 0.3) is 5.91 Å². The fourth-order valence-electron chi connectivity index (χ4n) is 2.18. The summed E-state index contributed by atoms with van der Waals surface area (Å²) in [6, 6.07) is 14.9. The zero-order valence-corrected chi connectivity index (χ0v) is 14.9. The van der Waals surface area contributed by atoms with Crippen molar-refractivity contribution in [1.29, 1.82) is 0 Å². The Morgan fingerprint density at radius 2 is 1.92 bits per heavy atom. The van der Waals surface area contributed by atoms with Crippen molar-refractivity contribution in [3.63, 3.8) is 0 Å². The van der Waals surface area contributed by atoms with E-state index in [2.05, 4.69) is 26.2 Å². The van der Waals surface area contributed by atoms with Crippen LogP contribution >= 0.6 is 15.9 Å². The molecule has 0 aliphatic carbocycles. The van der Waals surface area contributed by atoms with E-state index in [0.717, 1.165) is 10.0 Å². The Bertz CT molecular complexity index is 914. The molecule has 0 fully saturated rings. The number of aromatic nitrogens is 1. The van der Waals surface area contributed by atoms with Crippen LogP contribution < -0.4 is 10.1 Å². The lowest BCUT2D eigenvalue weighted by Gasteiger charge is -2.11. The molecule has 1 aromatic heterocycles. The Labute approximate surface area is 152 Å². The van der Waals surface area contributed by atoms with E-state index in [1.54, 1.807) is 36.4 Å².